The minimum Gasteiger partial charge on any atom is -0.381 e. The minimum atomic E-state index is 0.213. The van der Waals surface area contributed by atoms with Crippen molar-refractivity contribution in [2.75, 3.05) is 32.8 Å². The lowest BCUT2D eigenvalue weighted by atomic mass is 9.98. The summed E-state index contributed by atoms with van der Waals surface area (Å²) in [6.07, 6.45) is 2.25. The zero-order valence-electron chi connectivity index (χ0n) is 14.5. The van der Waals surface area contributed by atoms with Gasteiger partial charge in [-0.3, -0.25) is 9.69 Å². The quantitative estimate of drug-likeness (QED) is 0.828. The van der Waals surface area contributed by atoms with E-state index in [0.717, 1.165) is 56.1 Å². The fraction of sp³-hybridized carbons (Fsp3) is 0.722. The molecule has 0 spiro atoms. The van der Waals surface area contributed by atoms with Gasteiger partial charge in [0.05, 0.1) is 4.88 Å². The molecular formula is C18H28N2O2S. The molecule has 2 aliphatic rings. The standard InChI is InChI=1S/C18H28N2O2S/c1-13(2)10-20(15-4-7-22-8-5-15)16-11-19(12-16)18(21)17-14(3)6-9-23-17/h6,9,13,15-16H,4-5,7-8,10-12H2,1-3H3. The van der Waals surface area contributed by atoms with E-state index < -0.39 is 0 Å². The van der Waals surface area contributed by atoms with Crippen LogP contribution < -0.4 is 0 Å². The minimum absolute atomic E-state index is 0.213. The van der Waals surface area contributed by atoms with E-state index in [2.05, 4.69) is 18.7 Å². The van der Waals surface area contributed by atoms with Gasteiger partial charge >= 0.3 is 0 Å². The average Bonchev–Trinajstić information content (AvgIpc) is 2.91. The number of hydrogen-bond acceptors (Lipinski definition) is 4. The van der Waals surface area contributed by atoms with Gasteiger partial charge in [-0.2, -0.15) is 0 Å². The van der Waals surface area contributed by atoms with Crippen LogP contribution in [0.5, 0.6) is 0 Å². The van der Waals surface area contributed by atoms with Crippen LogP contribution in [0.25, 0.3) is 0 Å². The largest absolute Gasteiger partial charge is 0.381 e. The molecule has 23 heavy (non-hydrogen) atoms. The van der Waals surface area contributed by atoms with E-state index in [4.69, 9.17) is 4.74 Å². The number of rotatable bonds is 5. The van der Waals surface area contributed by atoms with Gasteiger partial charge in [-0.05, 0) is 42.7 Å². The molecule has 0 atom stereocenters. The third-order valence-electron chi connectivity index (χ3n) is 4.91. The molecule has 0 N–H and O–H groups in total. The van der Waals surface area contributed by atoms with Crippen LogP contribution in [0.3, 0.4) is 0 Å². The normalized spacial score (nSPS) is 20.3. The average molecular weight is 337 g/mol. The van der Waals surface area contributed by atoms with E-state index >= 15 is 0 Å². The molecular weight excluding hydrogens is 308 g/mol. The van der Waals surface area contributed by atoms with Gasteiger partial charge in [0.1, 0.15) is 0 Å². The maximum absolute atomic E-state index is 12.6. The molecule has 2 aliphatic heterocycles. The Morgan fingerprint density at radius 3 is 2.61 bits per heavy atom. The monoisotopic (exact) mass is 336 g/mol. The maximum Gasteiger partial charge on any atom is 0.264 e. The SMILES string of the molecule is Cc1ccsc1C(=O)N1CC(N(CC(C)C)C2CCOCC2)C1. The zero-order chi connectivity index (χ0) is 16.4. The number of amides is 1. The van der Waals surface area contributed by atoms with Crippen molar-refractivity contribution in [1.82, 2.24) is 9.80 Å². The van der Waals surface area contributed by atoms with Gasteiger partial charge in [-0.1, -0.05) is 13.8 Å². The Labute approximate surface area is 143 Å². The first-order chi connectivity index (χ1) is 11.1. The number of likely N-dealkylation sites (tertiary alicyclic amines) is 1. The summed E-state index contributed by atoms with van der Waals surface area (Å²) in [7, 11) is 0. The van der Waals surface area contributed by atoms with Crippen LogP contribution in [0.2, 0.25) is 0 Å². The molecule has 2 saturated heterocycles. The van der Waals surface area contributed by atoms with E-state index in [1.54, 1.807) is 11.3 Å². The molecule has 2 fully saturated rings. The van der Waals surface area contributed by atoms with Gasteiger partial charge in [-0.15, -0.1) is 11.3 Å². The van der Waals surface area contributed by atoms with Crippen LogP contribution >= 0.6 is 11.3 Å². The van der Waals surface area contributed by atoms with Crippen molar-refractivity contribution in [3.63, 3.8) is 0 Å². The molecule has 1 amide bonds. The molecule has 128 valence electrons. The highest BCUT2D eigenvalue weighted by molar-refractivity contribution is 7.12. The van der Waals surface area contributed by atoms with Crippen molar-refractivity contribution in [1.29, 1.82) is 0 Å². The Hall–Kier alpha value is -0.910. The van der Waals surface area contributed by atoms with E-state index in [9.17, 15) is 4.79 Å². The van der Waals surface area contributed by atoms with E-state index in [0.29, 0.717) is 18.0 Å². The number of aryl methyl sites for hydroxylation is 1. The maximum atomic E-state index is 12.6. The number of hydrogen-bond donors (Lipinski definition) is 0. The number of thiophene rings is 1. The third-order valence-corrected chi connectivity index (χ3v) is 5.92. The van der Waals surface area contributed by atoms with Gasteiger partial charge < -0.3 is 9.64 Å². The van der Waals surface area contributed by atoms with Crippen LogP contribution in [-0.2, 0) is 4.74 Å². The van der Waals surface area contributed by atoms with Crippen molar-refractivity contribution in [2.24, 2.45) is 5.92 Å². The summed E-state index contributed by atoms with van der Waals surface area (Å²) in [4.78, 5) is 18.1. The van der Waals surface area contributed by atoms with Crippen LogP contribution in [0, 0.1) is 12.8 Å². The molecule has 0 radical (unpaired) electrons. The Bertz CT molecular complexity index is 531. The predicted molar refractivity (Wildman–Crippen MR) is 94.1 cm³/mol. The molecule has 1 aromatic heterocycles. The summed E-state index contributed by atoms with van der Waals surface area (Å²) >= 11 is 1.56. The number of ether oxygens (including phenoxy) is 1. The van der Waals surface area contributed by atoms with Crippen molar-refractivity contribution in [3.8, 4) is 0 Å². The lowest BCUT2D eigenvalue weighted by Gasteiger charge is -2.49. The van der Waals surface area contributed by atoms with Crippen molar-refractivity contribution >= 4 is 17.2 Å². The fourth-order valence-corrected chi connectivity index (χ4v) is 4.49. The molecule has 3 heterocycles. The Kier molecular flexibility index (Phi) is 5.39. The highest BCUT2D eigenvalue weighted by atomic mass is 32.1. The molecule has 0 aromatic carbocycles. The fourth-order valence-electron chi connectivity index (χ4n) is 3.60. The topological polar surface area (TPSA) is 32.8 Å². The molecule has 0 unspecified atom stereocenters. The van der Waals surface area contributed by atoms with Crippen LogP contribution in [0.4, 0.5) is 0 Å². The van der Waals surface area contributed by atoms with E-state index in [-0.39, 0.29) is 5.91 Å². The highest BCUT2D eigenvalue weighted by Gasteiger charge is 2.39. The Morgan fingerprint density at radius 2 is 2.04 bits per heavy atom. The van der Waals surface area contributed by atoms with Gasteiger partial charge in [-0.25, -0.2) is 0 Å². The summed E-state index contributed by atoms with van der Waals surface area (Å²) in [5, 5.41) is 2.01. The molecule has 0 bridgehead atoms. The van der Waals surface area contributed by atoms with Gasteiger partial charge in [0.15, 0.2) is 0 Å². The summed E-state index contributed by atoms with van der Waals surface area (Å²) in [5.74, 6) is 0.868. The summed E-state index contributed by atoms with van der Waals surface area (Å²) < 4.78 is 5.52. The lowest BCUT2D eigenvalue weighted by Crippen LogP contribution is -2.64. The van der Waals surface area contributed by atoms with E-state index in [1.165, 1.54) is 0 Å². The number of carbonyl (C=O) groups excluding carboxylic acids is 1. The number of nitrogens with zero attached hydrogens (tertiary/aromatic N) is 2. The second-order valence-electron chi connectivity index (χ2n) is 7.23. The molecule has 4 nitrogen and oxygen atoms in total. The van der Waals surface area contributed by atoms with Crippen LogP contribution in [-0.4, -0.2) is 60.6 Å². The second-order valence-corrected chi connectivity index (χ2v) is 8.15. The van der Waals surface area contributed by atoms with Gasteiger partial charge in [0.25, 0.3) is 5.91 Å². The molecule has 3 rings (SSSR count). The zero-order valence-corrected chi connectivity index (χ0v) is 15.3. The second kappa shape index (κ2) is 7.32. The number of carbonyl (C=O) groups is 1. The molecule has 1 aromatic rings. The molecule has 0 saturated carbocycles. The first-order valence-corrected chi connectivity index (χ1v) is 9.61. The summed E-state index contributed by atoms with van der Waals surface area (Å²) in [5.41, 5.74) is 1.10. The van der Waals surface area contributed by atoms with Crippen LogP contribution in [0.15, 0.2) is 11.4 Å². The van der Waals surface area contributed by atoms with Gasteiger partial charge in [0, 0.05) is 44.9 Å². The first-order valence-electron chi connectivity index (χ1n) is 8.73. The summed E-state index contributed by atoms with van der Waals surface area (Å²) in [6.45, 7) is 11.2. The first kappa shape index (κ1) is 16.9. The molecule has 5 heteroatoms. The summed E-state index contributed by atoms with van der Waals surface area (Å²) in [6, 6.07) is 3.17. The lowest BCUT2D eigenvalue weighted by molar-refractivity contribution is -0.0292. The van der Waals surface area contributed by atoms with E-state index in [1.807, 2.05) is 23.3 Å². The van der Waals surface area contributed by atoms with Crippen molar-refractivity contribution in [2.45, 2.75) is 45.7 Å². The Morgan fingerprint density at radius 1 is 1.35 bits per heavy atom. The Balaban J connectivity index is 1.60. The van der Waals surface area contributed by atoms with Crippen LogP contribution in [0.1, 0.15) is 41.9 Å². The van der Waals surface area contributed by atoms with Crippen molar-refractivity contribution in [3.05, 3.63) is 21.9 Å². The molecule has 0 aliphatic carbocycles. The highest BCUT2D eigenvalue weighted by Crippen LogP contribution is 2.27. The van der Waals surface area contributed by atoms with Gasteiger partial charge in [0.2, 0.25) is 0 Å². The predicted octanol–water partition coefficient (Wildman–Crippen LogP) is 3.02. The third kappa shape index (κ3) is 3.78. The smallest absolute Gasteiger partial charge is 0.264 e. The van der Waals surface area contributed by atoms with Crippen molar-refractivity contribution < 1.29 is 9.53 Å².